The van der Waals surface area contributed by atoms with E-state index in [1.165, 1.54) is 18.1 Å². The van der Waals surface area contributed by atoms with Crippen molar-refractivity contribution in [2.45, 2.75) is 6.92 Å². The van der Waals surface area contributed by atoms with Crippen LogP contribution < -0.4 is 19.7 Å². The van der Waals surface area contributed by atoms with E-state index >= 15 is 0 Å². The van der Waals surface area contributed by atoms with Crippen molar-refractivity contribution in [3.05, 3.63) is 57.0 Å². The van der Waals surface area contributed by atoms with Gasteiger partial charge in [0.2, 0.25) is 0 Å². The first-order chi connectivity index (χ1) is 13.8. The molecule has 1 aliphatic heterocycles. The van der Waals surface area contributed by atoms with E-state index in [1.807, 2.05) is 6.92 Å². The van der Waals surface area contributed by atoms with Gasteiger partial charge in [-0.05, 0) is 67.2 Å². The highest BCUT2D eigenvalue weighted by Crippen LogP contribution is 2.37. The molecule has 1 saturated heterocycles. The van der Waals surface area contributed by atoms with Crippen LogP contribution in [-0.2, 0) is 9.59 Å². The molecule has 9 heteroatoms. The number of carbonyl (C=O) groups excluding carboxylic acids is 2. The molecule has 150 valence electrons. The Hall–Kier alpha value is -2.42. The molecule has 0 aromatic heterocycles. The predicted octanol–water partition coefficient (Wildman–Crippen LogP) is 4.34. The van der Waals surface area contributed by atoms with E-state index < -0.39 is 11.8 Å². The van der Waals surface area contributed by atoms with Gasteiger partial charge >= 0.3 is 0 Å². The van der Waals surface area contributed by atoms with Crippen molar-refractivity contribution in [1.29, 1.82) is 0 Å². The summed E-state index contributed by atoms with van der Waals surface area (Å²) in [5, 5.41) is 2.87. The molecule has 0 saturated carbocycles. The summed E-state index contributed by atoms with van der Waals surface area (Å²) in [6, 6.07) is 10.2. The summed E-state index contributed by atoms with van der Waals surface area (Å²) in [7, 11) is 1.48. The van der Waals surface area contributed by atoms with Crippen LogP contribution in [0.2, 0.25) is 5.02 Å². The quantitative estimate of drug-likeness (QED) is 0.380. The van der Waals surface area contributed by atoms with Gasteiger partial charge in [0.15, 0.2) is 16.6 Å². The van der Waals surface area contributed by atoms with Gasteiger partial charge in [-0.2, -0.15) is 0 Å². The Morgan fingerprint density at radius 2 is 1.93 bits per heavy atom. The lowest BCUT2D eigenvalue weighted by Crippen LogP contribution is -2.54. The molecule has 2 aromatic carbocycles. The fourth-order valence-corrected chi connectivity index (χ4v) is 3.58. The molecular weight excluding hydrogens is 480 g/mol. The van der Waals surface area contributed by atoms with Crippen molar-refractivity contribution in [2.24, 2.45) is 0 Å². The molecule has 0 unspecified atom stereocenters. The van der Waals surface area contributed by atoms with Crippen molar-refractivity contribution in [3.63, 3.8) is 0 Å². The summed E-state index contributed by atoms with van der Waals surface area (Å²) in [6.45, 7) is 2.24. The van der Waals surface area contributed by atoms with Crippen molar-refractivity contribution < 1.29 is 19.1 Å². The van der Waals surface area contributed by atoms with Gasteiger partial charge in [-0.15, -0.1) is 0 Å². The van der Waals surface area contributed by atoms with E-state index in [9.17, 15) is 9.59 Å². The highest BCUT2D eigenvalue weighted by Gasteiger charge is 2.34. The van der Waals surface area contributed by atoms with Gasteiger partial charge in [-0.1, -0.05) is 27.5 Å². The lowest BCUT2D eigenvalue weighted by atomic mass is 10.1. The van der Waals surface area contributed by atoms with Crippen molar-refractivity contribution >= 4 is 68.4 Å². The molecule has 6 nitrogen and oxygen atoms in total. The molecule has 2 amide bonds. The molecular formula is C20H16BrClN2O4S. The van der Waals surface area contributed by atoms with E-state index in [0.717, 1.165) is 4.47 Å². The number of hydrogen-bond acceptors (Lipinski definition) is 5. The third-order valence-corrected chi connectivity index (χ3v) is 5.13. The Bertz CT molecular complexity index is 1020. The summed E-state index contributed by atoms with van der Waals surface area (Å²) in [5.74, 6) is -0.326. The number of halogens is 2. The fourth-order valence-electron chi connectivity index (χ4n) is 2.76. The van der Waals surface area contributed by atoms with Crippen LogP contribution in [0.5, 0.6) is 11.5 Å². The second-order valence-electron chi connectivity index (χ2n) is 5.90. The van der Waals surface area contributed by atoms with Crippen LogP contribution in [0.3, 0.4) is 0 Å². The molecule has 29 heavy (non-hydrogen) atoms. The van der Waals surface area contributed by atoms with Gasteiger partial charge in [-0.3, -0.25) is 19.8 Å². The van der Waals surface area contributed by atoms with Crippen LogP contribution in [0.25, 0.3) is 6.08 Å². The van der Waals surface area contributed by atoms with E-state index in [-0.39, 0.29) is 10.7 Å². The SMILES string of the molecule is CCOc1c(Cl)cc(/C=C2\C(=O)NC(=S)N(c3ccc(Br)cc3)C2=O)cc1OC. The zero-order valence-electron chi connectivity index (χ0n) is 15.5. The number of ether oxygens (including phenoxy) is 2. The number of nitrogens with one attached hydrogen (secondary N) is 1. The average Bonchev–Trinajstić information content (AvgIpc) is 2.68. The Morgan fingerprint density at radius 3 is 2.55 bits per heavy atom. The Labute approximate surface area is 186 Å². The molecule has 1 heterocycles. The number of anilines is 1. The van der Waals surface area contributed by atoms with Crippen LogP contribution >= 0.6 is 39.7 Å². The van der Waals surface area contributed by atoms with Gasteiger partial charge in [0.05, 0.1) is 24.4 Å². The van der Waals surface area contributed by atoms with Gasteiger partial charge in [0.1, 0.15) is 5.57 Å². The van der Waals surface area contributed by atoms with Crippen LogP contribution in [0, 0.1) is 0 Å². The minimum absolute atomic E-state index is 0.0155. The number of rotatable bonds is 5. The molecule has 3 rings (SSSR count). The largest absolute Gasteiger partial charge is 0.493 e. The van der Waals surface area contributed by atoms with Crippen molar-refractivity contribution in [1.82, 2.24) is 5.32 Å². The van der Waals surface area contributed by atoms with Gasteiger partial charge in [0.25, 0.3) is 11.8 Å². The van der Waals surface area contributed by atoms with E-state index in [2.05, 4.69) is 21.2 Å². The minimum atomic E-state index is -0.586. The maximum absolute atomic E-state index is 13.1. The lowest BCUT2D eigenvalue weighted by Gasteiger charge is -2.29. The molecule has 0 bridgehead atoms. The number of amides is 2. The number of hydrogen-bond donors (Lipinski definition) is 1. The van der Waals surface area contributed by atoms with Gasteiger partial charge in [0, 0.05) is 4.47 Å². The molecule has 0 radical (unpaired) electrons. The molecule has 0 atom stereocenters. The summed E-state index contributed by atoms with van der Waals surface area (Å²) in [4.78, 5) is 26.8. The number of nitrogens with zero attached hydrogens (tertiary/aromatic N) is 1. The third-order valence-electron chi connectivity index (χ3n) is 4.04. The number of methoxy groups -OCH3 is 1. The fraction of sp³-hybridized carbons (Fsp3) is 0.150. The van der Waals surface area contributed by atoms with E-state index in [4.69, 9.17) is 33.3 Å². The van der Waals surface area contributed by atoms with Crippen LogP contribution in [0.1, 0.15) is 12.5 Å². The molecule has 0 aliphatic carbocycles. The minimum Gasteiger partial charge on any atom is -0.493 e. The first kappa shape index (κ1) is 21.3. The molecule has 1 N–H and O–H groups in total. The lowest BCUT2D eigenvalue weighted by molar-refractivity contribution is -0.122. The van der Waals surface area contributed by atoms with Gasteiger partial charge in [-0.25, -0.2) is 0 Å². The zero-order valence-corrected chi connectivity index (χ0v) is 18.7. The molecule has 0 spiro atoms. The first-order valence-electron chi connectivity index (χ1n) is 8.53. The third kappa shape index (κ3) is 4.44. The number of benzene rings is 2. The monoisotopic (exact) mass is 494 g/mol. The van der Waals surface area contributed by atoms with Crippen LogP contribution in [0.15, 0.2) is 46.4 Å². The Balaban J connectivity index is 2.02. The van der Waals surface area contributed by atoms with E-state index in [0.29, 0.717) is 34.4 Å². The van der Waals surface area contributed by atoms with Crippen molar-refractivity contribution in [2.75, 3.05) is 18.6 Å². The predicted molar refractivity (Wildman–Crippen MR) is 120 cm³/mol. The Kier molecular flexibility index (Phi) is 6.56. The summed E-state index contributed by atoms with van der Waals surface area (Å²) in [5.41, 5.74) is 0.970. The summed E-state index contributed by atoms with van der Waals surface area (Å²) < 4.78 is 11.7. The standard InChI is InChI=1S/C20H16BrClN2O4S/c1-3-28-17-15(22)9-11(10-16(17)27-2)8-14-18(25)23-20(29)24(19(14)26)13-6-4-12(21)5-7-13/h4-10H,3H2,1-2H3,(H,23,25,29)/b14-8+. The molecule has 1 aliphatic rings. The van der Waals surface area contributed by atoms with Crippen LogP contribution in [-0.4, -0.2) is 30.6 Å². The summed E-state index contributed by atoms with van der Waals surface area (Å²) in [6.07, 6.45) is 1.44. The van der Waals surface area contributed by atoms with E-state index in [1.54, 1.807) is 36.4 Å². The summed E-state index contributed by atoms with van der Waals surface area (Å²) >= 11 is 14.8. The maximum atomic E-state index is 13.1. The number of thiocarbonyl (C=S) groups is 1. The molecule has 2 aromatic rings. The van der Waals surface area contributed by atoms with Crippen molar-refractivity contribution in [3.8, 4) is 11.5 Å². The second-order valence-corrected chi connectivity index (χ2v) is 7.61. The molecule has 1 fully saturated rings. The average molecular weight is 496 g/mol. The normalized spacial score (nSPS) is 15.5. The zero-order chi connectivity index (χ0) is 21.1. The second kappa shape index (κ2) is 8.94. The number of carbonyl (C=O) groups is 2. The Morgan fingerprint density at radius 1 is 1.24 bits per heavy atom. The first-order valence-corrected chi connectivity index (χ1v) is 10.1. The highest BCUT2D eigenvalue weighted by atomic mass is 79.9. The highest BCUT2D eigenvalue weighted by molar-refractivity contribution is 9.10. The maximum Gasteiger partial charge on any atom is 0.270 e. The topological polar surface area (TPSA) is 67.9 Å². The van der Waals surface area contributed by atoms with Crippen LogP contribution in [0.4, 0.5) is 5.69 Å². The van der Waals surface area contributed by atoms with Gasteiger partial charge < -0.3 is 9.47 Å². The smallest absolute Gasteiger partial charge is 0.270 e.